The van der Waals surface area contributed by atoms with E-state index in [0.717, 1.165) is 38.5 Å². The molecule has 5 saturated carbocycles. The van der Waals surface area contributed by atoms with Gasteiger partial charge in [0.05, 0.1) is 23.0 Å². The summed E-state index contributed by atoms with van der Waals surface area (Å²) in [7, 11) is 0. The molecule has 13 unspecified atom stereocenters. The number of allylic oxidation sites excluding steroid dienone is 2. The Bertz CT molecular complexity index is 1780. The monoisotopic (exact) mass is 688 g/mol. The van der Waals surface area contributed by atoms with Gasteiger partial charge in [-0.3, -0.25) is 0 Å². The van der Waals surface area contributed by atoms with Gasteiger partial charge in [-0.2, -0.15) is 0 Å². The van der Waals surface area contributed by atoms with E-state index >= 15 is 0 Å². The molecule has 2 spiro atoms. The summed E-state index contributed by atoms with van der Waals surface area (Å²) in [5.41, 5.74) is 12.5. The van der Waals surface area contributed by atoms with E-state index in [4.69, 9.17) is 10.5 Å². The third-order valence-electron chi connectivity index (χ3n) is 17.0. The van der Waals surface area contributed by atoms with Crippen LogP contribution >= 0.6 is 0 Å². The molecule has 5 N–H and O–H groups in total. The minimum atomic E-state index is -0.613. The van der Waals surface area contributed by atoms with E-state index in [0.29, 0.717) is 46.7 Å². The second-order valence-electron chi connectivity index (χ2n) is 19.2. The second kappa shape index (κ2) is 11.7. The highest BCUT2D eigenvalue weighted by Crippen LogP contribution is 2.72. The highest BCUT2D eigenvalue weighted by Gasteiger charge is 2.76. The van der Waals surface area contributed by atoms with Crippen LogP contribution in [0, 0.1) is 58.7 Å². The largest absolute Gasteiger partial charge is 0.508 e. The molecule has 7 aliphatic carbocycles. The van der Waals surface area contributed by atoms with Gasteiger partial charge in [0.15, 0.2) is 0 Å². The molecule has 7 fully saturated rings. The van der Waals surface area contributed by atoms with Crippen LogP contribution in [0.5, 0.6) is 5.75 Å². The van der Waals surface area contributed by atoms with Gasteiger partial charge in [0.1, 0.15) is 5.75 Å². The minimum Gasteiger partial charge on any atom is -0.508 e. The van der Waals surface area contributed by atoms with Crippen molar-refractivity contribution >= 4 is 0 Å². The summed E-state index contributed by atoms with van der Waals surface area (Å²) < 4.78 is 8.22. The quantitative estimate of drug-likeness (QED) is 0.191. The van der Waals surface area contributed by atoms with Crippen molar-refractivity contribution in [2.45, 2.75) is 145 Å². The molecule has 2 aliphatic heterocycles. The topological polar surface area (TPSA) is 91.5 Å². The number of benzene rings is 1. The lowest BCUT2D eigenvalue weighted by Gasteiger charge is -2.75. The SMILES string of the molecule is CCc1c[nH]c(C2CCCC(C3(C)OC45CC6CCC(CO)C(N)(C63)C4C#CC3C=CC(c4ccc(O)cc43)C3CC5CC4(CCCC4)C3)C2)c1. The molecule has 0 radical (unpaired) electrons. The molecule has 5 heteroatoms. The van der Waals surface area contributed by atoms with E-state index in [1.165, 1.54) is 80.2 Å². The number of aliphatic hydroxyl groups is 1. The van der Waals surface area contributed by atoms with Crippen molar-refractivity contribution in [3.8, 4) is 17.6 Å². The summed E-state index contributed by atoms with van der Waals surface area (Å²) in [5, 5.41) is 22.0. The molecule has 3 heterocycles. The number of nitrogens with one attached hydrogen (secondary N) is 1. The maximum absolute atomic E-state index is 11.2. The van der Waals surface area contributed by atoms with Gasteiger partial charge in [0.2, 0.25) is 0 Å². The van der Waals surface area contributed by atoms with Gasteiger partial charge in [-0.15, -0.1) is 0 Å². The highest BCUT2D eigenvalue weighted by molar-refractivity contribution is 5.50. The van der Waals surface area contributed by atoms with Crippen LogP contribution in [0.3, 0.4) is 0 Å². The first-order valence-corrected chi connectivity index (χ1v) is 21.0. The van der Waals surface area contributed by atoms with Crippen LogP contribution in [0.15, 0.2) is 42.6 Å². The van der Waals surface area contributed by atoms with Crippen LogP contribution in [0.2, 0.25) is 0 Å². The molecule has 272 valence electrons. The molecular weight excluding hydrogens is 629 g/mol. The van der Waals surface area contributed by atoms with E-state index < -0.39 is 11.1 Å². The number of aliphatic hydroxyl groups excluding tert-OH is 1. The number of hydrogen-bond acceptors (Lipinski definition) is 4. The van der Waals surface area contributed by atoms with Crippen molar-refractivity contribution in [1.29, 1.82) is 0 Å². The molecule has 1 aromatic heterocycles. The third kappa shape index (κ3) is 4.70. The molecule has 9 aliphatic rings. The van der Waals surface area contributed by atoms with Crippen molar-refractivity contribution in [1.82, 2.24) is 4.98 Å². The number of phenolic OH excluding ortho intramolecular Hbond substituents is 1. The van der Waals surface area contributed by atoms with Crippen LogP contribution in [0.4, 0.5) is 0 Å². The zero-order valence-electron chi connectivity index (χ0n) is 31.0. The lowest BCUT2D eigenvalue weighted by atomic mass is 9.38. The molecular formula is C46H60N2O3. The second-order valence-corrected chi connectivity index (χ2v) is 19.2. The number of ether oxygens (including phenoxy) is 1. The fourth-order valence-electron chi connectivity index (χ4n) is 15.0. The Morgan fingerprint density at radius 2 is 1.78 bits per heavy atom. The number of aromatic nitrogens is 1. The Balaban J connectivity index is 1.14. The van der Waals surface area contributed by atoms with E-state index in [9.17, 15) is 10.2 Å². The normalized spacial score (nSPS) is 45.8. The summed E-state index contributed by atoms with van der Waals surface area (Å²) in [5.74, 6) is 10.8. The maximum Gasteiger partial charge on any atom is 0.115 e. The van der Waals surface area contributed by atoms with Gasteiger partial charge < -0.3 is 25.7 Å². The van der Waals surface area contributed by atoms with Crippen LogP contribution in [-0.4, -0.2) is 38.5 Å². The fourth-order valence-corrected chi connectivity index (χ4v) is 15.0. The smallest absolute Gasteiger partial charge is 0.115 e. The summed E-state index contributed by atoms with van der Waals surface area (Å²) in [6.07, 6.45) is 25.1. The van der Waals surface area contributed by atoms with Gasteiger partial charge in [-0.25, -0.2) is 0 Å². The number of rotatable bonds is 4. The first-order valence-electron chi connectivity index (χ1n) is 21.0. The van der Waals surface area contributed by atoms with Crippen molar-refractivity contribution in [3.05, 3.63) is 65.0 Å². The third-order valence-corrected chi connectivity index (χ3v) is 17.0. The average Bonchev–Trinajstić information content (AvgIpc) is 3.80. The van der Waals surface area contributed by atoms with Crippen LogP contribution in [-0.2, 0) is 11.2 Å². The van der Waals surface area contributed by atoms with Crippen molar-refractivity contribution in [2.24, 2.45) is 52.6 Å². The van der Waals surface area contributed by atoms with Crippen LogP contribution in [0.25, 0.3) is 0 Å². The van der Waals surface area contributed by atoms with E-state index in [2.05, 4.69) is 61.2 Å². The molecule has 11 rings (SSSR count). The van der Waals surface area contributed by atoms with Gasteiger partial charge in [-0.1, -0.05) is 56.2 Å². The van der Waals surface area contributed by atoms with E-state index in [-0.39, 0.29) is 35.9 Å². The first-order chi connectivity index (χ1) is 24.7. The molecule has 1 aromatic carbocycles. The Morgan fingerprint density at radius 1 is 0.922 bits per heavy atom. The molecule has 13 atom stereocenters. The van der Waals surface area contributed by atoms with Crippen molar-refractivity contribution in [3.63, 3.8) is 0 Å². The highest BCUT2D eigenvalue weighted by atomic mass is 16.5. The number of H-pyrrole nitrogens is 1. The molecule has 0 amide bonds. The minimum absolute atomic E-state index is 0.0176. The Labute approximate surface area is 305 Å². The fraction of sp³-hybridized carbons (Fsp3) is 0.696. The predicted molar refractivity (Wildman–Crippen MR) is 201 cm³/mol. The van der Waals surface area contributed by atoms with Gasteiger partial charge >= 0.3 is 0 Å². The summed E-state index contributed by atoms with van der Waals surface area (Å²) in [4.78, 5) is 3.68. The number of aromatic amines is 1. The summed E-state index contributed by atoms with van der Waals surface area (Å²) in [6.45, 7) is 4.87. The Kier molecular flexibility index (Phi) is 7.61. The Hall–Kier alpha value is -2.52. The summed E-state index contributed by atoms with van der Waals surface area (Å²) in [6, 6.07) is 8.51. The zero-order chi connectivity index (χ0) is 34.8. The maximum atomic E-state index is 11.2. The molecule has 2 saturated heterocycles. The summed E-state index contributed by atoms with van der Waals surface area (Å²) >= 11 is 0. The van der Waals surface area contributed by atoms with E-state index in [1.807, 2.05) is 12.1 Å². The van der Waals surface area contributed by atoms with Gasteiger partial charge in [0, 0.05) is 41.8 Å². The van der Waals surface area contributed by atoms with E-state index in [1.54, 1.807) is 0 Å². The number of aromatic hydroxyl groups is 1. The number of hydrogen-bond donors (Lipinski definition) is 4. The van der Waals surface area contributed by atoms with Crippen molar-refractivity contribution in [2.75, 3.05) is 6.61 Å². The standard InChI is InChI=1S/C46H60N2O3/c1-3-28-19-40(48-26-28)30-7-6-8-33(20-30)43(2)42-31-9-12-34(27-49)46(42,47)41-16-11-29-10-14-37(38-15-13-36(50)22-39(29)38)32-21-35(45(41,24-31)51-43)25-44(23-32)17-4-5-18-44/h10,13-15,19,22,26,29-35,37,41-42,48-50H,3-9,12,17-18,20-21,23-25,27,47H2,1-2H3. The van der Waals surface area contributed by atoms with Crippen molar-refractivity contribution < 1.29 is 14.9 Å². The molecule has 2 aromatic rings. The van der Waals surface area contributed by atoms with Gasteiger partial charge in [-0.05, 0) is 154 Å². The first kappa shape index (κ1) is 33.1. The number of phenols is 1. The lowest BCUT2D eigenvalue weighted by Crippen LogP contribution is -2.84. The van der Waals surface area contributed by atoms with Crippen LogP contribution in [0.1, 0.15) is 144 Å². The van der Waals surface area contributed by atoms with Crippen LogP contribution < -0.4 is 5.73 Å². The van der Waals surface area contributed by atoms with Gasteiger partial charge in [0.25, 0.3) is 0 Å². The molecule has 5 nitrogen and oxygen atoms in total. The molecule has 51 heavy (non-hydrogen) atoms. The zero-order valence-corrected chi connectivity index (χ0v) is 31.0. The predicted octanol–water partition coefficient (Wildman–Crippen LogP) is 8.87. The molecule has 8 bridgehead atoms. The lowest BCUT2D eigenvalue weighted by molar-refractivity contribution is -0.362. The number of nitrogens with two attached hydrogens (primary N) is 1. The Morgan fingerprint density at radius 3 is 2.59 bits per heavy atom. The average molecular weight is 689 g/mol. The number of aryl methyl sites for hydroxylation is 1. The number of fused-ring (bicyclic) bond motifs is 9.